The minimum Gasteiger partial charge on any atom is -0.497 e. The normalized spacial score (nSPS) is 14.5. The smallest absolute Gasteiger partial charge is 0.157 e. The third-order valence-electron chi connectivity index (χ3n) is 5.18. The molecule has 29 heavy (non-hydrogen) atoms. The molecule has 0 radical (unpaired) electrons. The molecule has 1 aromatic carbocycles. The number of nitrogens with one attached hydrogen (secondary N) is 2. The average molecular weight is 432 g/mol. The number of thiophene rings is 1. The van der Waals surface area contributed by atoms with E-state index in [0.29, 0.717) is 19.3 Å². The minimum absolute atomic E-state index is 0.114. The van der Waals surface area contributed by atoms with Crippen LogP contribution in [0.25, 0.3) is 10.1 Å². The molecular weight excluding hydrogens is 401 g/mol. The first-order valence-corrected chi connectivity index (χ1v) is 12.8. The number of anilines is 1. The number of benzene rings is 1. The fourth-order valence-corrected chi connectivity index (χ4v) is 7.61. The number of nitrogens with zero attached hydrogens (tertiary/aromatic N) is 1. The van der Waals surface area contributed by atoms with Crippen molar-refractivity contribution in [1.82, 2.24) is 10.1 Å². The Morgan fingerprint density at radius 3 is 2.62 bits per heavy atom. The number of fused-ring (bicyclic) bond motifs is 1. The molecule has 0 aliphatic heterocycles. The highest BCUT2D eigenvalue weighted by molar-refractivity contribution is 7.62. The van der Waals surface area contributed by atoms with Gasteiger partial charge in [0, 0.05) is 28.0 Å². The van der Waals surface area contributed by atoms with Gasteiger partial charge in [0.1, 0.15) is 5.75 Å². The lowest BCUT2D eigenvalue weighted by Crippen LogP contribution is -2.22. The third-order valence-corrected chi connectivity index (χ3v) is 9.83. The lowest BCUT2D eigenvalue weighted by atomic mass is 10.2. The van der Waals surface area contributed by atoms with Crippen molar-refractivity contribution >= 4 is 34.4 Å². The van der Waals surface area contributed by atoms with Gasteiger partial charge in [-0.2, -0.15) is 0 Å². The van der Waals surface area contributed by atoms with Gasteiger partial charge in [-0.15, -0.1) is 11.3 Å². The predicted octanol–water partition coefficient (Wildman–Crippen LogP) is 5.98. The summed E-state index contributed by atoms with van der Waals surface area (Å²) in [7, 11) is -0.944. The molecule has 0 bridgehead atoms. The fraction of sp³-hybridized carbons (Fsp3) is 0.409. The van der Waals surface area contributed by atoms with Gasteiger partial charge in [-0.05, 0) is 62.2 Å². The molecule has 0 aliphatic rings. The topological polar surface area (TPSA) is 63.2 Å². The van der Waals surface area contributed by atoms with E-state index in [1.54, 1.807) is 18.4 Å². The molecule has 3 aromatic rings. The Bertz CT molecular complexity index is 1030. The molecule has 0 spiro atoms. The van der Waals surface area contributed by atoms with Crippen molar-refractivity contribution in [2.24, 2.45) is 0 Å². The van der Waals surface area contributed by atoms with Crippen LogP contribution in [0.2, 0.25) is 0 Å². The van der Waals surface area contributed by atoms with Gasteiger partial charge in [-0.1, -0.05) is 13.8 Å². The van der Waals surface area contributed by atoms with Crippen LogP contribution in [-0.4, -0.2) is 31.3 Å². The van der Waals surface area contributed by atoms with E-state index < -0.39 is 7.29 Å². The molecule has 156 valence electrons. The van der Waals surface area contributed by atoms with Gasteiger partial charge in [0.25, 0.3) is 0 Å². The maximum Gasteiger partial charge on any atom is 0.157 e. The molecule has 2 heterocycles. The van der Waals surface area contributed by atoms with Crippen LogP contribution in [0.4, 0.5) is 5.69 Å². The molecule has 0 aliphatic carbocycles. The third kappa shape index (κ3) is 4.82. The van der Waals surface area contributed by atoms with Crippen LogP contribution in [0, 0.1) is 13.8 Å². The van der Waals surface area contributed by atoms with Gasteiger partial charge in [0.15, 0.2) is 7.29 Å². The largest absolute Gasteiger partial charge is 0.497 e. The average Bonchev–Trinajstić information content (AvgIpc) is 3.12. The van der Waals surface area contributed by atoms with Gasteiger partial charge >= 0.3 is 0 Å². The van der Waals surface area contributed by atoms with E-state index in [0.717, 1.165) is 37.8 Å². The number of hydrogen-bond donors (Lipinski definition) is 2. The van der Waals surface area contributed by atoms with Crippen molar-refractivity contribution in [3.05, 3.63) is 52.7 Å². The van der Waals surface area contributed by atoms with Gasteiger partial charge in [0.05, 0.1) is 24.2 Å². The Hall–Kier alpha value is -1.88. The minimum atomic E-state index is -2.62. The zero-order valence-corrected chi connectivity index (χ0v) is 19.5. The first kappa shape index (κ1) is 21.8. The number of rotatable bonds is 9. The Balaban J connectivity index is 1.97. The number of aromatic nitrogens is 1. The van der Waals surface area contributed by atoms with Crippen molar-refractivity contribution in [2.75, 3.05) is 31.7 Å². The van der Waals surface area contributed by atoms with Crippen molar-refractivity contribution in [3.8, 4) is 5.75 Å². The molecule has 0 amide bonds. The highest BCUT2D eigenvalue weighted by atomic mass is 32.1. The van der Waals surface area contributed by atoms with E-state index >= 15 is 0 Å². The second-order valence-electron chi connectivity index (χ2n) is 7.16. The van der Waals surface area contributed by atoms with Crippen LogP contribution in [0.3, 0.4) is 0 Å². The molecule has 0 saturated heterocycles. The Morgan fingerprint density at radius 2 is 1.97 bits per heavy atom. The molecule has 2 atom stereocenters. The van der Waals surface area contributed by atoms with Crippen molar-refractivity contribution in [2.45, 2.75) is 33.4 Å². The lowest BCUT2D eigenvalue weighted by Gasteiger charge is -2.27. The summed E-state index contributed by atoms with van der Waals surface area (Å²) in [4.78, 5) is 5.67. The zero-order chi connectivity index (χ0) is 21.0. The van der Waals surface area contributed by atoms with Crippen LogP contribution in [0.5, 0.6) is 5.75 Å². The second kappa shape index (κ2) is 9.29. The second-order valence-corrected chi connectivity index (χ2v) is 11.4. The lowest BCUT2D eigenvalue weighted by molar-refractivity contribution is 0.415. The van der Waals surface area contributed by atoms with E-state index in [4.69, 9.17) is 4.74 Å². The monoisotopic (exact) mass is 431 g/mol. The molecule has 5 nitrogen and oxygen atoms in total. The van der Waals surface area contributed by atoms with Crippen LogP contribution in [-0.2, 0) is 4.57 Å². The standard InChI is InChI=1S/C22H30N3O2PS/c1-6-24-28(26,7-2)20(14-23-19-11-8-15(3)25-16(19)4)22-12-17-9-10-18(27-5)13-21(17)29-22/h8-13,20,23H,6-7,14H2,1-5H3,(H,24,26). The molecule has 2 N–H and O–H groups in total. The number of hydrogen-bond acceptors (Lipinski definition) is 5. The highest BCUT2D eigenvalue weighted by Gasteiger charge is 2.33. The molecule has 7 heteroatoms. The number of ether oxygens (including phenoxy) is 1. The van der Waals surface area contributed by atoms with E-state index in [-0.39, 0.29) is 5.66 Å². The maximum atomic E-state index is 13.9. The van der Waals surface area contributed by atoms with Crippen LogP contribution in [0.1, 0.15) is 35.8 Å². The van der Waals surface area contributed by atoms with Gasteiger partial charge in [-0.3, -0.25) is 10.1 Å². The van der Waals surface area contributed by atoms with Crippen LogP contribution >= 0.6 is 18.6 Å². The highest BCUT2D eigenvalue weighted by Crippen LogP contribution is 2.57. The van der Waals surface area contributed by atoms with Gasteiger partial charge in [-0.25, -0.2) is 0 Å². The summed E-state index contributed by atoms with van der Waals surface area (Å²) >= 11 is 1.70. The summed E-state index contributed by atoms with van der Waals surface area (Å²) in [6, 6.07) is 12.3. The molecule has 0 saturated carbocycles. The SMILES string of the molecule is CCNP(=O)(CC)C(CNc1ccc(C)nc1C)c1cc2ccc(OC)cc2s1. The van der Waals surface area contributed by atoms with E-state index in [9.17, 15) is 4.57 Å². The Morgan fingerprint density at radius 1 is 1.17 bits per heavy atom. The summed E-state index contributed by atoms with van der Waals surface area (Å²) in [5.74, 6) is 0.840. The Kier molecular flexibility index (Phi) is 6.99. The summed E-state index contributed by atoms with van der Waals surface area (Å²) in [6.07, 6.45) is 0.607. The van der Waals surface area contributed by atoms with Crippen molar-refractivity contribution in [3.63, 3.8) is 0 Å². The summed E-state index contributed by atoms with van der Waals surface area (Å²) < 4.78 is 20.4. The quantitative estimate of drug-likeness (QED) is 0.408. The fourth-order valence-electron chi connectivity index (χ4n) is 3.57. The first-order valence-electron chi connectivity index (χ1n) is 9.99. The van der Waals surface area contributed by atoms with Crippen LogP contribution in [0.15, 0.2) is 36.4 Å². The molecular formula is C22H30N3O2PS. The maximum absolute atomic E-state index is 13.9. The number of aryl methyl sites for hydroxylation is 2. The summed E-state index contributed by atoms with van der Waals surface area (Å²) in [5, 5.41) is 7.98. The summed E-state index contributed by atoms with van der Waals surface area (Å²) in [5.41, 5.74) is 2.83. The van der Waals surface area contributed by atoms with Gasteiger partial charge < -0.3 is 14.6 Å². The van der Waals surface area contributed by atoms with E-state index in [1.165, 1.54) is 0 Å². The summed E-state index contributed by atoms with van der Waals surface area (Å²) in [6.45, 7) is 9.28. The molecule has 0 fully saturated rings. The molecule has 2 unspecified atom stereocenters. The molecule has 3 rings (SSSR count). The first-order chi connectivity index (χ1) is 13.9. The van der Waals surface area contributed by atoms with Crippen molar-refractivity contribution < 1.29 is 9.30 Å². The number of methoxy groups -OCH3 is 1. The van der Waals surface area contributed by atoms with Crippen LogP contribution < -0.4 is 15.1 Å². The zero-order valence-electron chi connectivity index (χ0n) is 17.8. The van der Waals surface area contributed by atoms with Crippen molar-refractivity contribution in [1.29, 1.82) is 0 Å². The number of pyridine rings is 1. The Labute approximate surface area is 177 Å². The predicted molar refractivity (Wildman–Crippen MR) is 125 cm³/mol. The molecule has 2 aromatic heterocycles. The van der Waals surface area contributed by atoms with E-state index in [2.05, 4.69) is 33.6 Å². The van der Waals surface area contributed by atoms with Gasteiger partial charge in [0.2, 0.25) is 0 Å². The van der Waals surface area contributed by atoms with E-state index in [1.807, 2.05) is 45.9 Å².